The quantitative estimate of drug-likeness (QED) is 0.351. The minimum absolute atomic E-state index is 0.150. The molecule has 3 heterocycles. The number of aromatic nitrogens is 1. The molecule has 38 heavy (non-hydrogen) atoms. The first-order valence-corrected chi connectivity index (χ1v) is 13.7. The van der Waals surface area contributed by atoms with Gasteiger partial charge in [0.25, 0.3) is 17.4 Å². The van der Waals surface area contributed by atoms with Gasteiger partial charge in [-0.3, -0.25) is 23.9 Å². The molecule has 1 atom stereocenters. The standard InChI is InChI=1S/C27H32ClN5O4S/c1-31-12-14-32(15-13-31)16-17-37-19-21(30-27(36)23-9-10-24(28)38-23)18-29-26(35)20-5-7-22(8-6-20)33-11-3-2-4-25(33)34/h2-11,21H,12-19H2,1H3,(H,29,35)(H,30,36). The second-order valence-corrected chi connectivity index (χ2v) is 10.9. The summed E-state index contributed by atoms with van der Waals surface area (Å²) < 4.78 is 7.94. The van der Waals surface area contributed by atoms with Gasteiger partial charge >= 0.3 is 0 Å². The molecule has 1 unspecified atom stereocenters. The predicted molar refractivity (Wildman–Crippen MR) is 150 cm³/mol. The molecule has 1 aromatic carbocycles. The highest BCUT2D eigenvalue weighted by atomic mass is 35.5. The fraction of sp³-hybridized carbons (Fsp3) is 0.370. The average molecular weight is 558 g/mol. The number of likely N-dealkylation sites (N-methyl/N-ethyl adjacent to an activating group) is 1. The third kappa shape index (κ3) is 7.99. The van der Waals surface area contributed by atoms with Crippen LogP contribution in [0.25, 0.3) is 5.69 Å². The number of ether oxygens (including phenoxy) is 1. The maximum absolute atomic E-state index is 12.8. The van der Waals surface area contributed by atoms with Crippen molar-refractivity contribution in [3.63, 3.8) is 0 Å². The molecule has 202 valence electrons. The summed E-state index contributed by atoms with van der Waals surface area (Å²) in [5.41, 5.74) is 0.965. The molecule has 0 saturated carbocycles. The van der Waals surface area contributed by atoms with Crippen molar-refractivity contribution in [2.24, 2.45) is 0 Å². The molecule has 1 aliphatic heterocycles. The van der Waals surface area contributed by atoms with E-state index in [1.54, 1.807) is 54.7 Å². The van der Waals surface area contributed by atoms with Gasteiger partial charge in [0.15, 0.2) is 0 Å². The number of hydrogen-bond donors (Lipinski definition) is 2. The van der Waals surface area contributed by atoms with Gasteiger partial charge in [0.05, 0.1) is 28.5 Å². The van der Waals surface area contributed by atoms with E-state index >= 15 is 0 Å². The lowest BCUT2D eigenvalue weighted by atomic mass is 10.2. The van der Waals surface area contributed by atoms with Gasteiger partial charge in [-0.1, -0.05) is 17.7 Å². The minimum Gasteiger partial charge on any atom is -0.378 e. The highest BCUT2D eigenvalue weighted by molar-refractivity contribution is 7.18. The molecule has 4 rings (SSSR count). The van der Waals surface area contributed by atoms with Crippen LogP contribution in [0.15, 0.2) is 65.6 Å². The lowest BCUT2D eigenvalue weighted by molar-refractivity contribution is 0.0649. The Bertz CT molecular complexity index is 1270. The second-order valence-electron chi connectivity index (χ2n) is 9.16. The highest BCUT2D eigenvalue weighted by Gasteiger charge is 2.18. The van der Waals surface area contributed by atoms with Crippen LogP contribution in [-0.2, 0) is 4.74 Å². The lowest BCUT2D eigenvalue weighted by Gasteiger charge is -2.32. The summed E-state index contributed by atoms with van der Waals surface area (Å²) in [7, 11) is 2.12. The van der Waals surface area contributed by atoms with Gasteiger partial charge in [-0.25, -0.2) is 0 Å². The Balaban J connectivity index is 1.32. The fourth-order valence-corrected chi connectivity index (χ4v) is 5.01. The molecule has 0 aliphatic carbocycles. The minimum atomic E-state index is -0.429. The zero-order valence-electron chi connectivity index (χ0n) is 21.3. The van der Waals surface area contributed by atoms with Crippen molar-refractivity contribution in [3.8, 4) is 5.69 Å². The predicted octanol–water partition coefficient (Wildman–Crippen LogP) is 2.34. The first kappa shape index (κ1) is 28.0. The summed E-state index contributed by atoms with van der Waals surface area (Å²) >= 11 is 7.18. The van der Waals surface area contributed by atoms with Crippen molar-refractivity contribution in [3.05, 3.63) is 85.9 Å². The van der Waals surface area contributed by atoms with E-state index in [1.165, 1.54) is 22.0 Å². The van der Waals surface area contributed by atoms with Crippen molar-refractivity contribution < 1.29 is 14.3 Å². The van der Waals surface area contributed by atoms with E-state index in [0.29, 0.717) is 27.1 Å². The monoisotopic (exact) mass is 557 g/mol. The smallest absolute Gasteiger partial charge is 0.261 e. The zero-order valence-corrected chi connectivity index (χ0v) is 22.8. The molecule has 2 N–H and O–H groups in total. The molecule has 1 saturated heterocycles. The first-order valence-electron chi connectivity index (χ1n) is 12.5. The van der Waals surface area contributed by atoms with Crippen LogP contribution in [0.5, 0.6) is 0 Å². The van der Waals surface area contributed by atoms with E-state index in [2.05, 4.69) is 27.5 Å². The molecule has 2 aromatic heterocycles. The molecule has 1 aliphatic rings. The molecular formula is C27H32ClN5O4S. The van der Waals surface area contributed by atoms with Crippen LogP contribution < -0.4 is 16.2 Å². The SMILES string of the molecule is CN1CCN(CCOCC(CNC(=O)c2ccc(-n3ccccc3=O)cc2)NC(=O)c2ccc(Cl)s2)CC1. The maximum Gasteiger partial charge on any atom is 0.261 e. The Morgan fingerprint density at radius 1 is 1.03 bits per heavy atom. The summed E-state index contributed by atoms with van der Waals surface area (Å²) in [5, 5.41) is 5.84. The van der Waals surface area contributed by atoms with E-state index in [4.69, 9.17) is 16.3 Å². The van der Waals surface area contributed by atoms with Crippen LogP contribution >= 0.6 is 22.9 Å². The molecule has 3 aromatic rings. The van der Waals surface area contributed by atoms with Crippen LogP contribution in [-0.4, -0.2) is 91.8 Å². The summed E-state index contributed by atoms with van der Waals surface area (Å²) in [6.07, 6.45) is 1.68. The Hall–Kier alpha value is -3.02. The first-order chi connectivity index (χ1) is 18.4. The van der Waals surface area contributed by atoms with E-state index in [1.807, 2.05) is 0 Å². The topological polar surface area (TPSA) is 95.9 Å². The summed E-state index contributed by atoms with van der Waals surface area (Å²) in [6, 6.07) is 14.6. The summed E-state index contributed by atoms with van der Waals surface area (Å²) in [4.78, 5) is 42.8. The number of rotatable bonds is 11. The van der Waals surface area contributed by atoms with Crippen molar-refractivity contribution in [2.45, 2.75) is 6.04 Å². The number of thiophene rings is 1. The number of carbonyl (C=O) groups excluding carboxylic acids is 2. The van der Waals surface area contributed by atoms with Gasteiger partial charge in [-0.2, -0.15) is 0 Å². The molecule has 9 nitrogen and oxygen atoms in total. The molecule has 0 radical (unpaired) electrons. The zero-order chi connectivity index (χ0) is 26.9. The Kier molecular flexibility index (Phi) is 10.1. The second kappa shape index (κ2) is 13.7. The maximum atomic E-state index is 12.8. The molecule has 2 amide bonds. The van der Waals surface area contributed by atoms with Crippen LogP contribution in [0, 0.1) is 0 Å². The normalized spacial score (nSPS) is 15.2. The van der Waals surface area contributed by atoms with Gasteiger partial charge in [0.1, 0.15) is 0 Å². The molecule has 0 spiro atoms. The third-order valence-electron chi connectivity index (χ3n) is 6.34. The van der Waals surface area contributed by atoms with Crippen molar-refractivity contribution in [2.75, 3.05) is 59.5 Å². The molecule has 1 fully saturated rings. The van der Waals surface area contributed by atoms with Crippen molar-refractivity contribution in [1.29, 1.82) is 0 Å². The molecular weight excluding hydrogens is 526 g/mol. The van der Waals surface area contributed by atoms with Crippen LogP contribution in [0.3, 0.4) is 0 Å². The number of pyridine rings is 1. The largest absolute Gasteiger partial charge is 0.378 e. The van der Waals surface area contributed by atoms with Crippen LogP contribution in [0.2, 0.25) is 4.34 Å². The molecule has 0 bridgehead atoms. The average Bonchev–Trinajstić information content (AvgIpc) is 3.37. The fourth-order valence-electron chi connectivity index (χ4n) is 4.07. The number of nitrogens with zero attached hydrogens (tertiary/aromatic N) is 3. The van der Waals surface area contributed by atoms with Gasteiger partial charge in [-0.05, 0) is 49.5 Å². The van der Waals surface area contributed by atoms with Gasteiger partial charge < -0.3 is 20.3 Å². The van der Waals surface area contributed by atoms with E-state index in [0.717, 1.165) is 32.7 Å². The Morgan fingerprint density at radius 2 is 1.79 bits per heavy atom. The Labute approximate surface area is 231 Å². The van der Waals surface area contributed by atoms with E-state index in [-0.39, 0.29) is 30.5 Å². The summed E-state index contributed by atoms with van der Waals surface area (Å²) in [5.74, 6) is -0.547. The van der Waals surface area contributed by atoms with E-state index in [9.17, 15) is 14.4 Å². The highest BCUT2D eigenvalue weighted by Crippen LogP contribution is 2.21. The summed E-state index contributed by atoms with van der Waals surface area (Å²) in [6.45, 7) is 5.90. The number of benzene rings is 1. The number of amides is 2. The van der Waals surface area contributed by atoms with Gasteiger partial charge in [0, 0.05) is 62.8 Å². The van der Waals surface area contributed by atoms with Crippen LogP contribution in [0.1, 0.15) is 20.0 Å². The van der Waals surface area contributed by atoms with Gasteiger partial charge in [0.2, 0.25) is 0 Å². The molecule has 11 heteroatoms. The van der Waals surface area contributed by atoms with Crippen LogP contribution in [0.4, 0.5) is 0 Å². The third-order valence-corrected chi connectivity index (χ3v) is 7.57. The number of hydrogen-bond acceptors (Lipinski definition) is 7. The lowest BCUT2D eigenvalue weighted by Crippen LogP contribution is -2.47. The van der Waals surface area contributed by atoms with Gasteiger partial charge in [-0.15, -0.1) is 11.3 Å². The van der Waals surface area contributed by atoms with Crippen molar-refractivity contribution >= 4 is 34.8 Å². The number of piperazine rings is 1. The van der Waals surface area contributed by atoms with Crippen molar-refractivity contribution in [1.82, 2.24) is 25.0 Å². The number of nitrogens with one attached hydrogen (secondary N) is 2. The number of carbonyl (C=O) groups is 2. The number of halogens is 1. The Morgan fingerprint density at radius 3 is 2.47 bits per heavy atom. The van der Waals surface area contributed by atoms with E-state index < -0.39 is 6.04 Å².